The van der Waals surface area contributed by atoms with Gasteiger partial charge in [-0.25, -0.2) is 4.98 Å². The van der Waals surface area contributed by atoms with Crippen molar-refractivity contribution >= 4 is 39.7 Å². The number of nitrogens with zero attached hydrogens (tertiary/aromatic N) is 3. The molecule has 3 rings (SSSR count). The van der Waals surface area contributed by atoms with E-state index in [0.717, 1.165) is 0 Å². The first kappa shape index (κ1) is 13.7. The summed E-state index contributed by atoms with van der Waals surface area (Å²) in [6, 6.07) is 0. The van der Waals surface area contributed by atoms with Gasteiger partial charge in [0, 0.05) is 4.43 Å². The van der Waals surface area contributed by atoms with E-state index in [0.29, 0.717) is 4.43 Å². The lowest BCUT2D eigenvalue weighted by Gasteiger charge is -2.16. The quantitative estimate of drug-likeness (QED) is 0.370. The SMILES string of the molecule is Nc1nc2c(ncn2[C@@H]2O[C@H](CI)[C@@H](O)[C@@H]2O)c(=O)[nH]1. The molecule has 4 atom stereocenters. The molecule has 0 spiro atoms. The summed E-state index contributed by atoms with van der Waals surface area (Å²) in [4.78, 5) is 22.0. The summed E-state index contributed by atoms with van der Waals surface area (Å²) in [5.41, 5.74) is 5.34. The van der Waals surface area contributed by atoms with E-state index in [2.05, 4.69) is 37.5 Å². The Morgan fingerprint density at radius 1 is 1.50 bits per heavy atom. The Kier molecular flexibility index (Phi) is 3.40. The molecule has 0 aromatic carbocycles. The maximum atomic E-state index is 11.7. The van der Waals surface area contributed by atoms with Crippen molar-refractivity contribution in [3.8, 4) is 0 Å². The maximum Gasteiger partial charge on any atom is 0.280 e. The molecule has 5 N–H and O–H groups in total. The Morgan fingerprint density at radius 3 is 2.90 bits per heavy atom. The number of rotatable bonds is 2. The van der Waals surface area contributed by atoms with Crippen molar-refractivity contribution in [1.29, 1.82) is 0 Å². The smallest absolute Gasteiger partial charge is 0.280 e. The predicted octanol–water partition coefficient (Wildman–Crippen LogP) is -1.24. The van der Waals surface area contributed by atoms with Crippen molar-refractivity contribution in [2.24, 2.45) is 0 Å². The Labute approximate surface area is 125 Å². The number of aliphatic hydroxyl groups excluding tert-OH is 2. The molecule has 0 saturated carbocycles. The molecule has 1 saturated heterocycles. The van der Waals surface area contributed by atoms with Crippen LogP contribution >= 0.6 is 22.6 Å². The number of alkyl halides is 1. The number of aromatic nitrogens is 4. The minimum atomic E-state index is -1.13. The molecule has 3 heterocycles. The van der Waals surface area contributed by atoms with E-state index in [-0.39, 0.29) is 17.1 Å². The topological polar surface area (TPSA) is 139 Å². The van der Waals surface area contributed by atoms with E-state index in [1.54, 1.807) is 0 Å². The van der Waals surface area contributed by atoms with Gasteiger partial charge in [-0.05, 0) is 0 Å². The van der Waals surface area contributed by atoms with Gasteiger partial charge in [0.1, 0.15) is 12.2 Å². The van der Waals surface area contributed by atoms with Gasteiger partial charge in [0.25, 0.3) is 5.56 Å². The van der Waals surface area contributed by atoms with Crippen molar-refractivity contribution in [1.82, 2.24) is 19.5 Å². The van der Waals surface area contributed by atoms with Crippen LogP contribution in [0.1, 0.15) is 6.23 Å². The number of hydrogen-bond acceptors (Lipinski definition) is 7. The molecule has 20 heavy (non-hydrogen) atoms. The van der Waals surface area contributed by atoms with Gasteiger partial charge in [-0.3, -0.25) is 14.3 Å². The summed E-state index contributed by atoms with van der Waals surface area (Å²) in [6.07, 6.45) is -2.15. The fourth-order valence-corrected chi connectivity index (χ4v) is 2.94. The van der Waals surface area contributed by atoms with Crippen LogP contribution in [0.5, 0.6) is 0 Å². The number of aliphatic hydroxyl groups is 2. The van der Waals surface area contributed by atoms with Crippen molar-refractivity contribution in [2.75, 3.05) is 10.2 Å². The van der Waals surface area contributed by atoms with Crippen LogP contribution in [0.4, 0.5) is 5.95 Å². The maximum absolute atomic E-state index is 11.7. The molecular formula is C10H12IN5O4. The molecule has 0 bridgehead atoms. The van der Waals surface area contributed by atoms with Gasteiger partial charge in [0.15, 0.2) is 17.4 Å². The van der Waals surface area contributed by atoms with Crippen molar-refractivity contribution < 1.29 is 14.9 Å². The largest absolute Gasteiger partial charge is 0.387 e. The van der Waals surface area contributed by atoms with E-state index in [1.807, 2.05) is 0 Å². The molecule has 2 aromatic rings. The minimum Gasteiger partial charge on any atom is -0.387 e. The molecule has 2 aromatic heterocycles. The second-order valence-electron chi connectivity index (χ2n) is 4.48. The molecule has 9 nitrogen and oxygen atoms in total. The third-order valence-corrected chi connectivity index (χ3v) is 4.08. The number of imidazole rings is 1. The van der Waals surface area contributed by atoms with Crippen LogP contribution in [0.2, 0.25) is 0 Å². The monoisotopic (exact) mass is 393 g/mol. The van der Waals surface area contributed by atoms with E-state index >= 15 is 0 Å². The summed E-state index contributed by atoms with van der Waals surface area (Å²) >= 11 is 2.06. The number of halogens is 1. The van der Waals surface area contributed by atoms with Crippen LogP contribution in [0.25, 0.3) is 11.2 Å². The second kappa shape index (κ2) is 4.95. The van der Waals surface area contributed by atoms with E-state index in [9.17, 15) is 15.0 Å². The summed E-state index contributed by atoms with van der Waals surface area (Å²) < 4.78 is 7.52. The zero-order valence-electron chi connectivity index (χ0n) is 10.1. The number of nitrogens with two attached hydrogens (primary N) is 1. The van der Waals surface area contributed by atoms with Gasteiger partial charge >= 0.3 is 0 Å². The first-order valence-electron chi connectivity index (χ1n) is 5.83. The second-order valence-corrected chi connectivity index (χ2v) is 5.36. The van der Waals surface area contributed by atoms with Crippen molar-refractivity contribution in [3.05, 3.63) is 16.7 Å². The number of anilines is 1. The molecule has 0 aliphatic carbocycles. The Hall–Kier alpha value is -1.24. The lowest BCUT2D eigenvalue weighted by molar-refractivity contribution is -0.0283. The van der Waals surface area contributed by atoms with Crippen LogP contribution < -0.4 is 11.3 Å². The van der Waals surface area contributed by atoms with Crippen LogP contribution in [0.15, 0.2) is 11.1 Å². The van der Waals surface area contributed by atoms with Crippen LogP contribution in [-0.2, 0) is 4.74 Å². The lowest BCUT2D eigenvalue weighted by atomic mass is 10.1. The highest BCUT2D eigenvalue weighted by Gasteiger charge is 2.43. The highest BCUT2D eigenvalue weighted by atomic mass is 127. The molecule has 10 heteroatoms. The summed E-state index contributed by atoms with van der Waals surface area (Å²) in [5.74, 6) is -0.0530. The predicted molar refractivity (Wildman–Crippen MR) is 77.4 cm³/mol. The molecular weight excluding hydrogens is 381 g/mol. The van der Waals surface area contributed by atoms with Gasteiger partial charge in [-0.1, -0.05) is 22.6 Å². The average Bonchev–Trinajstić information content (AvgIpc) is 2.93. The highest BCUT2D eigenvalue weighted by molar-refractivity contribution is 14.1. The third-order valence-electron chi connectivity index (χ3n) is 3.21. The molecule has 0 radical (unpaired) electrons. The number of aromatic amines is 1. The lowest BCUT2D eigenvalue weighted by Crippen LogP contribution is -2.32. The van der Waals surface area contributed by atoms with Crippen molar-refractivity contribution in [3.63, 3.8) is 0 Å². The average molecular weight is 393 g/mol. The highest BCUT2D eigenvalue weighted by Crippen LogP contribution is 2.31. The molecule has 1 aliphatic heterocycles. The molecule has 108 valence electrons. The summed E-state index contributed by atoms with van der Waals surface area (Å²) in [7, 11) is 0. The standard InChI is InChI=1S/C10H12IN5O4/c11-1-3-5(17)6(18)9(20-3)16-2-13-4-7(16)14-10(12)15-8(4)19/h2-3,5-6,9,17-18H,1H2,(H3,12,14,15,19)/t3-,5-,6+,9-/m1/s1. The van der Waals surface area contributed by atoms with Gasteiger partial charge in [-0.15, -0.1) is 0 Å². The fraction of sp³-hybridized carbons (Fsp3) is 0.500. The van der Waals surface area contributed by atoms with Crippen molar-refractivity contribution in [2.45, 2.75) is 24.5 Å². The normalized spacial score (nSPS) is 30.1. The molecule has 1 fully saturated rings. The van der Waals surface area contributed by atoms with Gasteiger partial charge < -0.3 is 20.7 Å². The van der Waals surface area contributed by atoms with Gasteiger partial charge in [0.05, 0.1) is 12.4 Å². The van der Waals surface area contributed by atoms with E-state index in [4.69, 9.17) is 10.5 Å². The zero-order chi connectivity index (χ0) is 14.4. The first-order chi connectivity index (χ1) is 9.52. The number of ether oxygens (including phenoxy) is 1. The molecule has 1 aliphatic rings. The van der Waals surface area contributed by atoms with Crippen LogP contribution in [0, 0.1) is 0 Å². The third kappa shape index (κ3) is 1.99. The van der Waals surface area contributed by atoms with Gasteiger partial charge in [0.2, 0.25) is 5.95 Å². The van der Waals surface area contributed by atoms with E-state index < -0.39 is 30.1 Å². The summed E-state index contributed by atoms with van der Waals surface area (Å²) in [5, 5.41) is 19.9. The minimum absolute atomic E-state index is 0.0530. The number of H-pyrrole nitrogens is 1. The van der Waals surface area contributed by atoms with E-state index in [1.165, 1.54) is 10.9 Å². The Morgan fingerprint density at radius 2 is 2.25 bits per heavy atom. The first-order valence-corrected chi connectivity index (χ1v) is 7.35. The number of nitrogens with one attached hydrogen (secondary N) is 1. The summed E-state index contributed by atoms with van der Waals surface area (Å²) in [6.45, 7) is 0. The number of fused-ring (bicyclic) bond motifs is 1. The van der Waals surface area contributed by atoms with Crippen LogP contribution in [-0.4, -0.2) is 52.5 Å². The van der Waals surface area contributed by atoms with Gasteiger partial charge in [-0.2, -0.15) is 4.98 Å². The number of hydrogen-bond donors (Lipinski definition) is 4. The fourth-order valence-electron chi connectivity index (χ4n) is 2.22. The zero-order valence-corrected chi connectivity index (χ0v) is 12.3. The molecule has 0 amide bonds. The molecule has 0 unspecified atom stereocenters. The number of nitrogen functional groups attached to an aromatic ring is 1. The van der Waals surface area contributed by atoms with Crippen LogP contribution in [0.3, 0.4) is 0 Å². The Balaban J connectivity index is 2.09. The Bertz CT molecular complexity index is 701.